The van der Waals surface area contributed by atoms with E-state index in [1.165, 1.54) is 25.7 Å². The van der Waals surface area contributed by atoms with E-state index in [-0.39, 0.29) is 0 Å². The molecular formula is C9H14O. The molecular weight excluding hydrogens is 124 g/mol. The maximum atomic E-state index is 5.65. The summed E-state index contributed by atoms with van der Waals surface area (Å²) < 4.78 is 5.65. The van der Waals surface area contributed by atoms with Crippen LogP contribution in [-0.2, 0) is 4.74 Å². The van der Waals surface area contributed by atoms with Crippen molar-refractivity contribution in [3.8, 4) is 0 Å². The van der Waals surface area contributed by atoms with Gasteiger partial charge in [-0.3, -0.25) is 0 Å². The minimum atomic E-state index is 0.400. The molecule has 0 radical (unpaired) electrons. The predicted octanol–water partition coefficient (Wildman–Crippen LogP) is 1.97. The predicted molar refractivity (Wildman–Crippen MR) is 38.7 cm³/mol. The molecule has 3 fully saturated rings. The van der Waals surface area contributed by atoms with Crippen molar-refractivity contribution >= 4 is 0 Å². The van der Waals surface area contributed by atoms with Crippen molar-refractivity contribution in [1.29, 1.82) is 0 Å². The van der Waals surface area contributed by atoms with E-state index in [1.54, 1.807) is 0 Å². The quantitative estimate of drug-likeness (QED) is 0.497. The van der Waals surface area contributed by atoms with Crippen molar-refractivity contribution < 1.29 is 4.74 Å². The number of hydrogen-bond acceptors (Lipinski definition) is 1. The van der Waals surface area contributed by atoms with Gasteiger partial charge >= 0.3 is 0 Å². The molecule has 2 unspecified atom stereocenters. The second-order valence-electron chi connectivity index (χ2n) is 4.72. The first-order chi connectivity index (χ1) is 4.73. The van der Waals surface area contributed by atoms with E-state index in [1.807, 2.05) is 0 Å². The smallest absolute Gasteiger partial charge is 0.0712 e. The molecule has 3 rings (SSSR count). The van der Waals surface area contributed by atoms with Gasteiger partial charge in [0.25, 0.3) is 0 Å². The highest BCUT2D eigenvalue weighted by molar-refractivity contribution is 5.14. The number of fused-ring (bicyclic) bond motifs is 1. The monoisotopic (exact) mass is 138 g/mol. The molecule has 0 N–H and O–H groups in total. The van der Waals surface area contributed by atoms with Crippen LogP contribution in [0.2, 0.25) is 0 Å². The van der Waals surface area contributed by atoms with E-state index < -0.39 is 0 Å². The average Bonchev–Trinajstić information content (AvgIpc) is 2.29. The average molecular weight is 138 g/mol. The third-order valence-electron chi connectivity index (χ3n) is 3.85. The van der Waals surface area contributed by atoms with Crippen LogP contribution >= 0.6 is 0 Å². The highest BCUT2D eigenvalue weighted by Gasteiger charge is 2.64. The zero-order valence-electron chi connectivity index (χ0n) is 6.52. The Kier molecular flexibility index (Phi) is 0.722. The first-order valence-corrected chi connectivity index (χ1v) is 4.37. The van der Waals surface area contributed by atoms with Crippen LogP contribution < -0.4 is 0 Å². The Morgan fingerprint density at radius 3 is 2.50 bits per heavy atom. The molecule has 3 aliphatic rings. The van der Waals surface area contributed by atoms with E-state index in [4.69, 9.17) is 4.74 Å². The van der Waals surface area contributed by atoms with Crippen molar-refractivity contribution in [1.82, 2.24) is 0 Å². The molecule has 3 atom stereocenters. The van der Waals surface area contributed by atoms with Crippen LogP contribution in [0.3, 0.4) is 0 Å². The van der Waals surface area contributed by atoms with Gasteiger partial charge in [0.2, 0.25) is 0 Å². The van der Waals surface area contributed by atoms with E-state index in [2.05, 4.69) is 6.92 Å². The van der Waals surface area contributed by atoms with Crippen molar-refractivity contribution in [2.45, 2.75) is 38.2 Å². The van der Waals surface area contributed by atoms with E-state index in [0.717, 1.165) is 17.9 Å². The molecule has 0 amide bonds. The number of rotatable bonds is 0. The van der Waals surface area contributed by atoms with Gasteiger partial charge in [-0.05, 0) is 37.0 Å². The Balaban J connectivity index is 1.84. The molecule has 1 heteroatoms. The summed E-state index contributed by atoms with van der Waals surface area (Å²) in [5.74, 6) is 1.03. The Hall–Kier alpha value is -0.0400. The Morgan fingerprint density at radius 2 is 2.20 bits per heavy atom. The molecule has 1 spiro atoms. The second kappa shape index (κ2) is 1.29. The first kappa shape index (κ1) is 5.59. The lowest BCUT2D eigenvalue weighted by Crippen LogP contribution is -2.42. The zero-order valence-corrected chi connectivity index (χ0v) is 6.52. The zero-order chi connectivity index (χ0) is 6.82. The van der Waals surface area contributed by atoms with Gasteiger partial charge in [0.15, 0.2) is 0 Å². The lowest BCUT2D eigenvalue weighted by Gasteiger charge is -2.40. The molecule has 0 aromatic heterocycles. The summed E-state index contributed by atoms with van der Waals surface area (Å²) in [6.45, 7) is 3.46. The van der Waals surface area contributed by atoms with E-state index in [0.29, 0.717) is 5.60 Å². The van der Waals surface area contributed by atoms with Gasteiger partial charge in [-0.25, -0.2) is 0 Å². The number of hydrogen-bond donors (Lipinski definition) is 0. The molecule has 1 saturated heterocycles. The highest BCUT2D eigenvalue weighted by Crippen LogP contribution is 2.69. The summed E-state index contributed by atoms with van der Waals surface area (Å²) in [4.78, 5) is 0. The molecule has 0 aromatic rings. The molecule has 2 aliphatic carbocycles. The van der Waals surface area contributed by atoms with Crippen molar-refractivity contribution in [3.05, 3.63) is 0 Å². The van der Waals surface area contributed by atoms with Crippen LogP contribution in [0.15, 0.2) is 0 Å². The van der Waals surface area contributed by atoms with Crippen LogP contribution in [0, 0.1) is 11.3 Å². The normalized spacial score (nSPS) is 63.9. The highest BCUT2D eigenvalue weighted by atomic mass is 16.5. The lowest BCUT2D eigenvalue weighted by atomic mass is 9.87. The number of ether oxygens (including phenoxy) is 1. The van der Waals surface area contributed by atoms with E-state index >= 15 is 0 Å². The van der Waals surface area contributed by atoms with Crippen LogP contribution in [0.1, 0.15) is 32.6 Å². The fraction of sp³-hybridized carbons (Fsp3) is 1.00. The third kappa shape index (κ3) is 0.493. The van der Waals surface area contributed by atoms with Gasteiger partial charge in [0, 0.05) is 0 Å². The van der Waals surface area contributed by atoms with Crippen molar-refractivity contribution in [2.24, 2.45) is 11.3 Å². The summed E-state index contributed by atoms with van der Waals surface area (Å²) in [5, 5.41) is 0. The molecule has 1 aliphatic heterocycles. The van der Waals surface area contributed by atoms with Crippen LogP contribution in [-0.4, -0.2) is 12.2 Å². The Bertz CT molecular complexity index is 183. The van der Waals surface area contributed by atoms with Crippen LogP contribution in [0.4, 0.5) is 0 Å². The Morgan fingerprint density at radius 1 is 1.40 bits per heavy atom. The summed E-state index contributed by atoms with van der Waals surface area (Å²) in [6, 6.07) is 0. The fourth-order valence-corrected chi connectivity index (χ4v) is 2.99. The summed E-state index contributed by atoms with van der Waals surface area (Å²) in [5.41, 5.74) is 1.12. The maximum absolute atomic E-state index is 5.65. The van der Waals surface area contributed by atoms with Gasteiger partial charge in [-0.2, -0.15) is 0 Å². The summed E-state index contributed by atoms with van der Waals surface area (Å²) >= 11 is 0. The third-order valence-corrected chi connectivity index (χ3v) is 3.85. The Labute approximate surface area is 61.8 Å². The molecule has 1 nitrogen and oxygen atoms in total. The molecule has 0 aromatic carbocycles. The SMILES string of the molecule is C[C@@]12CC1CC1(CCO1)C2. The molecule has 1 heterocycles. The van der Waals surface area contributed by atoms with Crippen LogP contribution in [0.25, 0.3) is 0 Å². The standard InChI is InChI=1S/C9H14O/c1-8-4-7(8)5-9(6-8)2-3-10-9/h7H,2-6H2,1H3/t7?,8-,9?/m0/s1. The summed E-state index contributed by atoms with van der Waals surface area (Å²) in [7, 11) is 0. The van der Waals surface area contributed by atoms with Crippen molar-refractivity contribution in [3.63, 3.8) is 0 Å². The van der Waals surface area contributed by atoms with Gasteiger partial charge in [0.05, 0.1) is 12.2 Å². The van der Waals surface area contributed by atoms with Gasteiger partial charge in [-0.1, -0.05) is 6.92 Å². The fourth-order valence-electron chi connectivity index (χ4n) is 2.99. The lowest BCUT2D eigenvalue weighted by molar-refractivity contribution is -0.150. The largest absolute Gasteiger partial charge is 0.375 e. The summed E-state index contributed by atoms with van der Waals surface area (Å²) in [6.07, 6.45) is 5.57. The molecule has 2 saturated carbocycles. The second-order valence-corrected chi connectivity index (χ2v) is 4.72. The van der Waals surface area contributed by atoms with E-state index in [9.17, 15) is 0 Å². The van der Waals surface area contributed by atoms with Gasteiger partial charge in [0.1, 0.15) is 0 Å². The first-order valence-electron chi connectivity index (χ1n) is 4.37. The molecule has 0 bridgehead atoms. The minimum Gasteiger partial charge on any atom is -0.375 e. The molecule has 56 valence electrons. The maximum Gasteiger partial charge on any atom is 0.0712 e. The van der Waals surface area contributed by atoms with Crippen molar-refractivity contribution in [2.75, 3.05) is 6.61 Å². The van der Waals surface area contributed by atoms with Gasteiger partial charge < -0.3 is 4.74 Å². The van der Waals surface area contributed by atoms with Crippen LogP contribution in [0.5, 0.6) is 0 Å². The minimum absolute atomic E-state index is 0.400. The topological polar surface area (TPSA) is 9.23 Å². The molecule has 10 heavy (non-hydrogen) atoms. The van der Waals surface area contributed by atoms with Gasteiger partial charge in [-0.15, -0.1) is 0 Å².